The van der Waals surface area contributed by atoms with E-state index in [2.05, 4.69) is 13.8 Å². The van der Waals surface area contributed by atoms with E-state index in [1.165, 1.54) is 32.1 Å². The summed E-state index contributed by atoms with van der Waals surface area (Å²) in [6, 6.07) is 0.618. The lowest BCUT2D eigenvalue weighted by atomic mass is 9.87. The summed E-state index contributed by atoms with van der Waals surface area (Å²) in [7, 11) is 0. The molecule has 1 aliphatic carbocycles. The van der Waals surface area contributed by atoms with Crippen LogP contribution in [0.2, 0.25) is 0 Å². The molecule has 0 aromatic heterocycles. The second kappa shape index (κ2) is 9.79. The molecule has 0 N–H and O–H groups in total. The van der Waals surface area contributed by atoms with Crippen molar-refractivity contribution in [2.24, 2.45) is 5.92 Å². The molecule has 0 bridgehead atoms. The van der Waals surface area contributed by atoms with Gasteiger partial charge in [0.2, 0.25) is 5.91 Å². The number of hydrogen-bond donors (Lipinski definition) is 0. The largest absolute Gasteiger partial charge is 0.444 e. The second-order valence-corrected chi connectivity index (χ2v) is 9.53. The van der Waals surface area contributed by atoms with E-state index in [4.69, 9.17) is 4.74 Å². The molecule has 156 valence electrons. The molecular formula is C22H40N2O3. The van der Waals surface area contributed by atoms with E-state index in [-0.39, 0.29) is 6.09 Å². The summed E-state index contributed by atoms with van der Waals surface area (Å²) in [5, 5.41) is 0. The van der Waals surface area contributed by atoms with E-state index in [9.17, 15) is 9.59 Å². The molecule has 0 spiro atoms. The zero-order chi connectivity index (χ0) is 20.0. The van der Waals surface area contributed by atoms with E-state index < -0.39 is 5.60 Å². The van der Waals surface area contributed by atoms with Crippen molar-refractivity contribution in [3.63, 3.8) is 0 Å². The molecule has 2 unspecified atom stereocenters. The molecule has 3 fully saturated rings. The number of likely N-dealkylation sites (tertiary alicyclic amines) is 2. The Hall–Kier alpha value is -1.26. The molecule has 3 aliphatic rings. The quantitative estimate of drug-likeness (QED) is 0.644. The van der Waals surface area contributed by atoms with Gasteiger partial charge < -0.3 is 14.5 Å². The predicted molar refractivity (Wildman–Crippen MR) is 109 cm³/mol. The number of hydrogen-bond acceptors (Lipinski definition) is 3. The van der Waals surface area contributed by atoms with Crippen LogP contribution in [0.1, 0.15) is 92.4 Å². The average Bonchev–Trinajstić information content (AvgIpc) is 2.53. The van der Waals surface area contributed by atoms with Gasteiger partial charge >= 0.3 is 6.09 Å². The summed E-state index contributed by atoms with van der Waals surface area (Å²) in [4.78, 5) is 27.6. The maximum atomic E-state index is 11.9. The molecule has 5 nitrogen and oxygen atoms in total. The Labute approximate surface area is 165 Å². The Bertz CT molecular complexity index is 480. The van der Waals surface area contributed by atoms with Crippen molar-refractivity contribution in [2.45, 2.75) is 110 Å². The van der Waals surface area contributed by atoms with Crippen molar-refractivity contribution in [3.05, 3.63) is 0 Å². The van der Waals surface area contributed by atoms with Crippen LogP contribution in [0.5, 0.6) is 0 Å². The summed E-state index contributed by atoms with van der Waals surface area (Å²) in [6.07, 6.45) is 10.6. The molecule has 0 aromatic carbocycles. The normalized spacial score (nSPS) is 26.6. The van der Waals surface area contributed by atoms with Gasteiger partial charge in [-0.1, -0.05) is 19.3 Å². The lowest BCUT2D eigenvalue weighted by molar-refractivity contribution is -0.140. The van der Waals surface area contributed by atoms with Gasteiger partial charge in [-0.3, -0.25) is 4.79 Å². The van der Waals surface area contributed by atoms with Crippen LogP contribution >= 0.6 is 0 Å². The van der Waals surface area contributed by atoms with Crippen LogP contribution in [0.25, 0.3) is 0 Å². The van der Waals surface area contributed by atoms with Crippen LogP contribution in [0, 0.1) is 5.92 Å². The highest BCUT2D eigenvalue weighted by molar-refractivity contribution is 5.79. The third-order valence-corrected chi connectivity index (χ3v) is 5.92. The van der Waals surface area contributed by atoms with Crippen molar-refractivity contribution in [3.8, 4) is 0 Å². The van der Waals surface area contributed by atoms with Gasteiger partial charge in [0, 0.05) is 31.1 Å². The summed E-state index contributed by atoms with van der Waals surface area (Å²) < 4.78 is 5.40. The van der Waals surface area contributed by atoms with Gasteiger partial charge in [0.05, 0.1) is 0 Å². The van der Waals surface area contributed by atoms with Crippen LogP contribution in [0.4, 0.5) is 4.79 Å². The zero-order valence-corrected chi connectivity index (χ0v) is 18.1. The second-order valence-electron chi connectivity index (χ2n) is 9.53. The molecule has 0 radical (unpaired) electrons. The summed E-state index contributed by atoms with van der Waals surface area (Å²) in [5.74, 6) is 0.833. The Morgan fingerprint density at radius 2 is 1.37 bits per heavy atom. The fourth-order valence-electron chi connectivity index (χ4n) is 4.24. The van der Waals surface area contributed by atoms with Crippen LogP contribution in [-0.2, 0) is 9.53 Å². The maximum absolute atomic E-state index is 11.9. The van der Waals surface area contributed by atoms with Crippen molar-refractivity contribution in [2.75, 3.05) is 13.1 Å². The highest BCUT2D eigenvalue weighted by Crippen LogP contribution is 2.27. The summed E-state index contributed by atoms with van der Waals surface area (Å²) in [6.45, 7) is 12.0. The number of rotatable bonds is 1. The monoisotopic (exact) mass is 380 g/mol. The summed E-state index contributed by atoms with van der Waals surface area (Å²) >= 11 is 0. The van der Waals surface area contributed by atoms with E-state index in [1.54, 1.807) is 0 Å². The lowest BCUT2D eigenvalue weighted by Crippen LogP contribution is -2.49. The van der Waals surface area contributed by atoms with Crippen LogP contribution in [0.15, 0.2) is 0 Å². The molecule has 27 heavy (non-hydrogen) atoms. The highest BCUT2D eigenvalue weighted by atomic mass is 16.6. The van der Waals surface area contributed by atoms with E-state index in [0.717, 1.165) is 38.8 Å². The molecule has 2 aliphatic heterocycles. The maximum Gasteiger partial charge on any atom is 0.410 e. The van der Waals surface area contributed by atoms with Gasteiger partial charge in [-0.15, -0.1) is 0 Å². The van der Waals surface area contributed by atoms with Gasteiger partial charge in [0.1, 0.15) is 5.60 Å². The first-order chi connectivity index (χ1) is 12.7. The molecule has 2 saturated heterocycles. The first-order valence-corrected chi connectivity index (χ1v) is 11.0. The molecule has 1 saturated carbocycles. The highest BCUT2D eigenvalue weighted by Gasteiger charge is 2.32. The van der Waals surface area contributed by atoms with Gasteiger partial charge in [-0.25, -0.2) is 4.79 Å². The molecule has 2 heterocycles. The van der Waals surface area contributed by atoms with Gasteiger partial charge in [0.25, 0.3) is 0 Å². The fourth-order valence-corrected chi connectivity index (χ4v) is 4.24. The molecule has 2 atom stereocenters. The Kier molecular flexibility index (Phi) is 7.99. The Morgan fingerprint density at radius 1 is 0.815 bits per heavy atom. The van der Waals surface area contributed by atoms with E-state index >= 15 is 0 Å². The topological polar surface area (TPSA) is 49.9 Å². The molecule has 5 heteroatoms. The number of piperidine rings is 1. The standard InChI is InChI=1S/C12H23NO2.C10H17NO/c1-9-7-6-8-10(2)13(9)11(14)15-12(3,4)5;12-10(11-7-4-8-11)9-5-2-1-3-6-9/h9-10H,6-8H2,1-5H3;9H,1-8H2. The lowest BCUT2D eigenvalue weighted by Gasteiger charge is -2.39. The minimum Gasteiger partial charge on any atom is -0.444 e. The predicted octanol–water partition coefficient (Wildman–Crippen LogP) is 4.98. The van der Waals surface area contributed by atoms with Crippen molar-refractivity contribution < 1.29 is 14.3 Å². The SMILES string of the molecule is CC1CCCC(C)N1C(=O)OC(C)(C)C.O=C(C1CCCCC1)N1CCC1. The van der Waals surface area contributed by atoms with Crippen LogP contribution in [0.3, 0.4) is 0 Å². The molecule has 3 rings (SSSR count). The molecular weight excluding hydrogens is 340 g/mol. The van der Waals surface area contributed by atoms with Gasteiger partial charge in [-0.2, -0.15) is 0 Å². The minimum atomic E-state index is -0.395. The summed E-state index contributed by atoms with van der Waals surface area (Å²) in [5.41, 5.74) is -0.395. The molecule has 2 amide bonds. The van der Waals surface area contributed by atoms with Gasteiger partial charge in [-0.05, 0) is 73.1 Å². The van der Waals surface area contributed by atoms with Crippen molar-refractivity contribution in [1.82, 2.24) is 9.80 Å². The Balaban J connectivity index is 0.000000198. The number of amides is 2. The number of nitrogens with zero attached hydrogens (tertiary/aromatic N) is 2. The molecule has 0 aromatic rings. The van der Waals surface area contributed by atoms with E-state index in [0.29, 0.717) is 23.9 Å². The van der Waals surface area contributed by atoms with Crippen molar-refractivity contribution in [1.29, 1.82) is 0 Å². The third kappa shape index (κ3) is 6.69. The number of carbonyl (C=O) groups excluding carboxylic acids is 2. The van der Waals surface area contributed by atoms with E-state index in [1.807, 2.05) is 30.6 Å². The number of ether oxygens (including phenoxy) is 1. The minimum absolute atomic E-state index is 0.165. The fraction of sp³-hybridized carbons (Fsp3) is 0.909. The van der Waals surface area contributed by atoms with Gasteiger partial charge in [0.15, 0.2) is 0 Å². The first-order valence-electron chi connectivity index (χ1n) is 11.0. The average molecular weight is 381 g/mol. The smallest absolute Gasteiger partial charge is 0.410 e. The number of carbonyl (C=O) groups is 2. The van der Waals surface area contributed by atoms with Crippen LogP contribution in [-0.4, -0.2) is 52.6 Å². The first kappa shape index (κ1) is 22.0. The zero-order valence-electron chi connectivity index (χ0n) is 18.1. The van der Waals surface area contributed by atoms with Crippen LogP contribution < -0.4 is 0 Å². The third-order valence-electron chi connectivity index (χ3n) is 5.92. The van der Waals surface area contributed by atoms with Crippen molar-refractivity contribution >= 4 is 12.0 Å². The Morgan fingerprint density at radius 3 is 1.81 bits per heavy atom.